The maximum atomic E-state index is 11.8. The van der Waals surface area contributed by atoms with Crippen molar-refractivity contribution in [3.8, 4) is 0 Å². The van der Waals surface area contributed by atoms with Crippen LogP contribution in [-0.2, 0) is 20.5 Å². The lowest BCUT2D eigenvalue weighted by molar-refractivity contribution is 0.185. The molecule has 0 bridgehead atoms. The number of ether oxygens (including phenoxy) is 1. The monoisotopic (exact) mass is 312 g/mol. The van der Waals surface area contributed by atoms with Crippen molar-refractivity contribution in [3.63, 3.8) is 0 Å². The molecule has 0 N–H and O–H groups in total. The number of nitrogens with zero attached hydrogens (tertiary/aromatic N) is 2. The second-order valence-corrected chi connectivity index (χ2v) is 6.07. The number of aromatic nitrogens is 1. The minimum atomic E-state index is -3.37. The van der Waals surface area contributed by atoms with E-state index in [2.05, 4.69) is 21.1 Å². The number of halogens is 1. The van der Waals surface area contributed by atoms with Gasteiger partial charge in [-0.25, -0.2) is 12.7 Å². The molecule has 1 aromatic rings. The standard InChI is InChI=1S/C8H13BrN2O4S/c1-11(3-4-14-2)16(12,13)6-7-5-8(9)10-15-7/h5H,3-4,6H2,1-2H3. The predicted molar refractivity (Wildman–Crippen MR) is 61.3 cm³/mol. The first-order valence-corrected chi connectivity index (χ1v) is 6.90. The molecular weight excluding hydrogens is 300 g/mol. The van der Waals surface area contributed by atoms with Crippen LogP contribution in [-0.4, -0.2) is 45.2 Å². The molecule has 6 nitrogen and oxygen atoms in total. The number of hydrogen-bond acceptors (Lipinski definition) is 5. The first kappa shape index (κ1) is 13.6. The molecule has 1 rings (SSSR count). The highest BCUT2D eigenvalue weighted by molar-refractivity contribution is 9.10. The lowest BCUT2D eigenvalue weighted by Crippen LogP contribution is -2.31. The second-order valence-electron chi connectivity index (χ2n) is 3.19. The minimum Gasteiger partial charge on any atom is -0.383 e. The van der Waals surface area contributed by atoms with Crippen LogP contribution in [0.25, 0.3) is 0 Å². The fourth-order valence-electron chi connectivity index (χ4n) is 1.00. The van der Waals surface area contributed by atoms with E-state index < -0.39 is 10.0 Å². The van der Waals surface area contributed by atoms with Crippen LogP contribution in [0.15, 0.2) is 15.2 Å². The average molecular weight is 313 g/mol. The third-order valence-corrected chi connectivity index (χ3v) is 4.10. The van der Waals surface area contributed by atoms with Gasteiger partial charge in [0.25, 0.3) is 0 Å². The summed E-state index contributed by atoms with van der Waals surface area (Å²) in [5.41, 5.74) is 0. The molecule has 0 aliphatic carbocycles. The van der Waals surface area contributed by atoms with Gasteiger partial charge in [-0.1, -0.05) is 5.16 Å². The largest absolute Gasteiger partial charge is 0.383 e. The van der Waals surface area contributed by atoms with Gasteiger partial charge in [-0.3, -0.25) is 0 Å². The summed E-state index contributed by atoms with van der Waals surface area (Å²) in [6, 6.07) is 1.53. The fourth-order valence-corrected chi connectivity index (χ4v) is 2.40. The van der Waals surface area contributed by atoms with Gasteiger partial charge in [0.1, 0.15) is 10.4 Å². The number of sulfonamides is 1. The van der Waals surface area contributed by atoms with E-state index in [9.17, 15) is 8.42 Å². The van der Waals surface area contributed by atoms with Gasteiger partial charge in [-0.05, 0) is 15.9 Å². The zero-order valence-electron chi connectivity index (χ0n) is 9.01. The maximum absolute atomic E-state index is 11.8. The SMILES string of the molecule is COCCN(C)S(=O)(=O)Cc1cc(Br)no1. The van der Waals surface area contributed by atoms with Gasteiger partial charge in [0, 0.05) is 26.8 Å². The quantitative estimate of drug-likeness (QED) is 0.778. The summed E-state index contributed by atoms with van der Waals surface area (Å²) in [5, 5.41) is 3.56. The van der Waals surface area contributed by atoms with Gasteiger partial charge in [0.2, 0.25) is 10.0 Å². The third kappa shape index (κ3) is 3.85. The molecule has 8 heteroatoms. The lowest BCUT2D eigenvalue weighted by atomic mass is 10.5. The topological polar surface area (TPSA) is 72.6 Å². The maximum Gasteiger partial charge on any atom is 0.221 e. The molecule has 0 aromatic carbocycles. The Morgan fingerprint density at radius 2 is 2.31 bits per heavy atom. The van der Waals surface area contributed by atoms with Crippen molar-refractivity contribution >= 4 is 26.0 Å². The van der Waals surface area contributed by atoms with Gasteiger partial charge in [-0.2, -0.15) is 0 Å². The number of hydrogen-bond donors (Lipinski definition) is 0. The third-order valence-electron chi connectivity index (χ3n) is 1.94. The molecule has 16 heavy (non-hydrogen) atoms. The molecule has 0 aliphatic heterocycles. The Bertz CT molecular complexity index is 431. The summed E-state index contributed by atoms with van der Waals surface area (Å²) < 4.78 is 34.9. The molecule has 0 radical (unpaired) electrons. The summed E-state index contributed by atoms with van der Waals surface area (Å²) in [7, 11) is -0.352. The van der Waals surface area contributed by atoms with Gasteiger partial charge < -0.3 is 9.26 Å². The van der Waals surface area contributed by atoms with E-state index >= 15 is 0 Å². The van der Waals surface area contributed by atoms with Gasteiger partial charge in [0.05, 0.1) is 6.61 Å². The zero-order valence-corrected chi connectivity index (χ0v) is 11.4. The first-order chi connectivity index (χ1) is 7.45. The first-order valence-electron chi connectivity index (χ1n) is 4.50. The van der Waals surface area contributed by atoms with E-state index in [4.69, 9.17) is 9.26 Å². The molecule has 0 saturated carbocycles. The molecule has 0 spiro atoms. The smallest absolute Gasteiger partial charge is 0.221 e. The van der Waals surface area contributed by atoms with Crippen molar-refractivity contribution in [2.45, 2.75) is 5.75 Å². The molecular formula is C8H13BrN2O4S. The summed E-state index contributed by atoms with van der Waals surface area (Å²) in [4.78, 5) is 0. The van der Waals surface area contributed by atoms with Crippen LogP contribution in [0.4, 0.5) is 0 Å². The van der Waals surface area contributed by atoms with Crippen molar-refractivity contribution in [2.24, 2.45) is 0 Å². The van der Waals surface area contributed by atoms with E-state index in [-0.39, 0.29) is 5.75 Å². The van der Waals surface area contributed by atoms with Crippen LogP contribution < -0.4 is 0 Å². The van der Waals surface area contributed by atoms with Gasteiger partial charge >= 0.3 is 0 Å². The highest BCUT2D eigenvalue weighted by Crippen LogP contribution is 2.14. The summed E-state index contributed by atoms with van der Waals surface area (Å²) in [6.45, 7) is 0.671. The minimum absolute atomic E-state index is 0.203. The number of likely N-dealkylation sites (N-methyl/N-ethyl adjacent to an activating group) is 1. The molecule has 0 unspecified atom stereocenters. The van der Waals surface area contributed by atoms with Gasteiger partial charge in [0.15, 0.2) is 5.76 Å². The van der Waals surface area contributed by atoms with Crippen molar-refractivity contribution in [1.82, 2.24) is 9.46 Å². The van der Waals surface area contributed by atoms with E-state index in [1.54, 1.807) is 0 Å². The molecule has 92 valence electrons. The zero-order chi connectivity index (χ0) is 12.2. The van der Waals surface area contributed by atoms with Crippen molar-refractivity contribution in [2.75, 3.05) is 27.3 Å². The molecule has 0 aliphatic rings. The van der Waals surface area contributed by atoms with Crippen LogP contribution in [0.5, 0.6) is 0 Å². The van der Waals surface area contributed by atoms with Crippen molar-refractivity contribution < 1.29 is 17.7 Å². The Labute approximate surface area is 103 Å². The fraction of sp³-hybridized carbons (Fsp3) is 0.625. The Morgan fingerprint density at radius 1 is 1.62 bits per heavy atom. The van der Waals surface area contributed by atoms with E-state index in [0.717, 1.165) is 0 Å². The Morgan fingerprint density at radius 3 is 2.81 bits per heavy atom. The Kier molecular flexibility index (Phi) is 4.90. The lowest BCUT2D eigenvalue weighted by Gasteiger charge is -2.15. The Hall–Kier alpha value is -0.440. The molecule has 0 atom stereocenters. The highest BCUT2D eigenvalue weighted by atomic mass is 79.9. The molecule has 0 saturated heterocycles. The molecule has 0 fully saturated rings. The van der Waals surface area contributed by atoms with Crippen molar-refractivity contribution in [3.05, 3.63) is 16.4 Å². The number of methoxy groups -OCH3 is 1. The van der Waals surface area contributed by atoms with Crippen LogP contribution in [0.3, 0.4) is 0 Å². The normalized spacial score (nSPS) is 12.2. The molecule has 1 heterocycles. The van der Waals surface area contributed by atoms with E-state index in [1.165, 1.54) is 24.5 Å². The van der Waals surface area contributed by atoms with Crippen LogP contribution in [0, 0.1) is 0 Å². The van der Waals surface area contributed by atoms with Crippen molar-refractivity contribution in [1.29, 1.82) is 0 Å². The van der Waals surface area contributed by atoms with Crippen LogP contribution in [0.1, 0.15) is 5.76 Å². The van der Waals surface area contributed by atoms with E-state index in [1.807, 2.05) is 0 Å². The second kappa shape index (κ2) is 5.76. The molecule has 0 amide bonds. The van der Waals surface area contributed by atoms with Crippen LogP contribution >= 0.6 is 15.9 Å². The summed E-state index contributed by atoms with van der Waals surface area (Å²) in [6.07, 6.45) is 0. The summed E-state index contributed by atoms with van der Waals surface area (Å²) in [5.74, 6) is 0.0994. The average Bonchev–Trinajstić information content (AvgIpc) is 2.59. The Balaban J connectivity index is 2.64. The number of rotatable bonds is 6. The predicted octanol–water partition coefficient (Wildman–Crippen LogP) is 0.845. The molecule has 1 aromatic heterocycles. The van der Waals surface area contributed by atoms with Gasteiger partial charge in [-0.15, -0.1) is 0 Å². The summed E-state index contributed by atoms with van der Waals surface area (Å²) >= 11 is 3.09. The van der Waals surface area contributed by atoms with E-state index in [0.29, 0.717) is 23.5 Å². The van der Waals surface area contributed by atoms with Crippen LogP contribution in [0.2, 0.25) is 0 Å². The highest BCUT2D eigenvalue weighted by Gasteiger charge is 2.20.